The van der Waals surface area contributed by atoms with Crippen LogP contribution in [0.1, 0.15) is 55.2 Å². The van der Waals surface area contributed by atoms with Crippen LogP contribution >= 0.6 is 23.5 Å². The van der Waals surface area contributed by atoms with Crippen LogP contribution in [-0.2, 0) is 11.2 Å². The number of nitrogens with zero attached hydrogens (tertiary/aromatic N) is 2. The fourth-order valence-electron chi connectivity index (χ4n) is 4.85. The summed E-state index contributed by atoms with van der Waals surface area (Å²) in [5.74, 6) is 0.367. The Hall–Kier alpha value is -2.51. The minimum absolute atomic E-state index is 0.0259. The Labute approximate surface area is 208 Å². The van der Waals surface area contributed by atoms with E-state index in [9.17, 15) is 9.59 Å². The van der Waals surface area contributed by atoms with Crippen LogP contribution in [0.2, 0.25) is 0 Å². The van der Waals surface area contributed by atoms with Crippen molar-refractivity contribution < 1.29 is 4.79 Å². The van der Waals surface area contributed by atoms with Crippen LogP contribution in [0.3, 0.4) is 0 Å². The molecule has 5 nitrogen and oxygen atoms in total. The highest BCUT2D eigenvalue weighted by Crippen LogP contribution is 2.50. The summed E-state index contributed by atoms with van der Waals surface area (Å²) in [4.78, 5) is 31.6. The average Bonchev–Trinajstić information content (AvgIpc) is 3.23. The summed E-state index contributed by atoms with van der Waals surface area (Å²) in [6.07, 6.45) is 5.52. The summed E-state index contributed by atoms with van der Waals surface area (Å²) in [7, 11) is 0. The first-order chi connectivity index (χ1) is 16.5. The molecule has 0 radical (unpaired) electrons. The van der Waals surface area contributed by atoms with Crippen LogP contribution in [0.15, 0.2) is 63.5 Å². The first-order valence-electron chi connectivity index (χ1n) is 12.0. The lowest BCUT2D eigenvalue weighted by molar-refractivity contribution is -0.113. The zero-order valence-electron chi connectivity index (χ0n) is 19.5. The molecular weight excluding hydrogens is 462 g/mol. The second-order valence-electron chi connectivity index (χ2n) is 8.97. The van der Waals surface area contributed by atoms with Crippen molar-refractivity contribution in [3.63, 3.8) is 0 Å². The number of aromatic nitrogens is 2. The molecule has 0 spiro atoms. The molecule has 1 fully saturated rings. The van der Waals surface area contributed by atoms with Gasteiger partial charge in [-0.3, -0.25) is 14.2 Å². The van der Waals surface area contributed by atoms with Crippen LogP contribution in [-0.4, -0.2) is 26.5 Å². The van der Waals surface area contributed by atoms with Crippen LogP contribution in [0.5, 0.6) is 0 Å². The molecule has 2 unspecified atom stereocenters. The molecule has 2 aliphatic rings. The molecular formula is C27H29N3O2S2. The zero-order chi connectivity index (χ0) is 23.7. The monoisotopic (exact) mass is 491 g/mol. The average molecular weight is 492 g/mol. The number of fused-ring (bicyclic) bond motifs is 3. The normalized spacial score (nSPS) is 18.9. The number of rotatable bonds is 6. The molecule has 0 bridgehead atoms. The Morgan fingerprint density at radius 2 is 1.91 bits per heavy atom. The molecule has 5 rings (SSSR count). The van der Waals surface area contributed by atoms with E-state index in [1.165, 1.54) is 30.2 Å². The third-order valence-electron chi connectivity index (χ3n) is 6.74. The number of aryl methyl sites for hydroxylation is 2. The summed E-state index contributed by atoms with van der Waals surface area (Å²) in [5, 5.41) is 4.88. The summed E-state index contributed by atoms with van der Waals surface area (Å²) in [5.41, 5.74) is 4.76. The molecule has 3 aromatic rings. The maximum atomic E-state index is 13.9. The third kappa shape index (κ3) is 4.56. The van der Waals surface area contributed by atoms with E-state index in [2.05, 4.69) is 24.4 Å². The van der Waals surface area contributed by atoms with Gasteiger partial charge < -0.3 is 5.32 Å². The second kappa shape index (κ2) is 10.0. The van der Waals surface area contributed by atoms with Gasteiger partial charge in [0, 0.05) is 16.9 Å². The first kappa shape index (κ1) is 23.2. The van der Waals surface area contributed by atoms with E-state index in [0.29, 0.717) is 16.3 Å². The number of hydrogen-bond acceptors (Lipinski definition) is 5. The lowest BCUT2D eigenvalue weighted by atomic mass is 9.85. The number of anilines is 1. The van der Waals surface area contributed by atoms with Gasteiger partial charge in [-0.2, -0.15) is 0 Å². The van der Waals surface area contributed by atoms with E-state index in [1.807, 2.05) is 43.3 Å². The van der Waals surface area contributed by atoms with Gasteiger partial charge in [0.15, 0.2) is 5.16 Å². The van der Waals surface area contributed by atoms with Crippen molar-refractivity contribution in [2.75, 3.05) is 11.1 Å². The molecule has 1 aliphatic heterocycles. The molecule has 2 atom stereocenters. The van der Waals surface area contributed by atoms with Crippen molar-refractivity contribution in [1.82, 2.24) is 9.55 Å². The standard InChI is InChI=1S/C27H29N3O2S2/c1-3-18-12-14-19(15-13-18)30-26(32)24-20-9-5-7-11-22(20)34-25(24)29-27(30)33-16-23(31)28-21-10-6-4-8-17(21)2/h4,6,8,10,12-15,20,22H,3,5,7,9,11,16H2,1-2H3,(H,28,31). The van der Waals surface area contributed by atoms with E-state index in [-0.39, 0.29) is 17.2 Å². The van der Waals surface area contributed by atoms with Gasteiger partial charge in [-0.15, -0.1) is 11.8 Å². The number of hydrogen-bond donors (Lipinski definition) is 1. The van der Waals surface area contributed by atoms with Gasteiger partial charge in [-0.05, 0) is 55.5 Å². The van der Waals surface area contributed by atoms with Crippen molar-refractivity contribution >= 4 is 35.1 Å². The first-order valence-corrected chi connectivity index (χ1v) is 13.8. The number of amides is 1. The SMILES string of the molecule is CCc1ccc(-n2c(SCC(=O)Nc3ccccc3C)nc3c(c2=O)C2CCCCC2S3)cc1. The van der Waals surface area contributed by atoms with Crippen molar-refractivity contribution in [1.29, 1.82) is 0 Å². The fraction of sp³-hybridized carbons (Fsp3) is 0.370. The number of nitrogens with one attached hydrogen (secondary N) is 1. The number of benzene rings is 2. The minimum Gasteiger partial charge on any atom is -0.325 e. The molecule has 34 heavy (non-hydrogen) atoms. The zero-order valence-corrected chi connectivity index (χ0v) is 21.2. The van der Waals surface area contributed by atoms with Crippen molar-refractivity contribution in [3.05, 3.63) is 75.6 Å². The Kier molecular flexibility index (Phi) is 6.84. The van der Waals surface area contributed by atoms with Gasteiger partial charge in [0.25, 0.3) is 5.56 Å². The quantitative estimate of drug-likeness (QED) is 0.262. The summed E-state index contributed by atoms with van der Waals surface area (Å²) in [6.45, 7) is 4.09. The Morgan fingerprint density at radius 3 is 2.68 bits per heavy atom. The molecule has 176 valence electrons. The highest BCUT2D eigenvalue weighted by Gasteiger charge is 2.39. The van der Waals surface area contributed by atoms with Gasteiger partial charge in [0.2, 0.25) is 5.91 Å². The number of carbonyl (C=O) groups excluding carboxylic acids is 1. The predicted octanol–water partition coefficient (Wildman–Crippen LogP) is 5.97. The van der Waals surface area contributed by atoms with Crippen molar-refractivity contribution in [3.8, 4) is 5.69 Å². The number of carbonyl (C=O) groups is 1. The maximum Gasteiger partial charge on any atom is 0.263 e. The third-order valence-corrected chi connectivity index (χ3v) is 9.08. The van der Waals surface area contributed by atoms with E-state index in [0.717, 1.165) is 46.8 Å². The fourth-order valence-corrected chi connectivity index (χ4v) is 7.23. The minimum atomic E-state index is -0.108. The highest BCUT2D eigenvalue weighted by atomic mass is 32.2. The Morgan fingerprint density at radius 1 is 1.15 bits per heavy atom. The molecule has 1 amide bonds. The molecule has 1 aliphatic carbocycles. The van der Waals surface area contributed by atoms with E-state index < -0.39 is 0 Å². The largest absolute Gasteiger partial charge is 0.325 e. The number of thioether (sulfide) groups is 2. The summed E-state index contributed by atoms with van der Waals surface area (Å²) in [6, 6.07) is 15.8. The van der Waals surface area contributed by atoms with Gasteiger partial charge >= 0.3 is 0 Å². The molecule has 7 heteroatoms. The van der Waals surface area contributed by atoms with E-state index in [1.54, 1.807) is 16.3 Å². The number of para-hydroxylation sites is 1. The maximum absolute atomic E-state index is 13.9. The molecule has 1 aromatic heterocycles. The molecule has 0 saturated heterocycles. The van der Waals surface area contributed by atoms with Crippen molar-refractivity contribution in [2.24, 2.45) is 0 Å². The van der Waals surface area contributed by atoms with Gasteiger partial charge in [-0.25, -0.2) is 4.98 Å². The van der Waals surface area contributed by atoms with Gasteiger partial charge in [0.05, 0.1) is 17.0 Å². The summed E-state index contributed by atoms with van der Waals surface area (Å²) >= 11 is 3.08. The van der Waals surface area contributed by atoms with E-state index in [4.69, 9.17) is 4.98 Å². The van der Waals surface area contributed by atoms with Crippen LogP contribution < -0.4 is 10.9 Å². The lowest BCUT2D eigenvalue weighted by Crippen LogP contribution is -2.29. The smallest absolute Gasteiger partial charge is 0.263 e. The van der Waals surface area contributed by atoms with Crippen molar-refractivity contribution in [2.45, 2.75) is 67.3 Å². The van der Waals surface area contributed by atoms with Crippen LogP contribution in [0.25, 0.3) is 5.69 Å². The molecule has 1 N–H and O–H groups in total. The topological polar surface area (TPSA) is 64.0 Å². The molecule has 2 heterocycles. The Bertz CT molecular complexity index is 1270. The predicted molar refractivity (Wildman–Crippen MR) is 141 cm³/mol. The highest BCUT2D eigenvalue weighted by molar-refractivity contribution is 8.00. The van der Waals surface area contributed by atoms with E-state index >= 15 is 0 Å². The molecule has 1 saturated carbocycles. The van der Waals surface area contributed by atoms with Crippen LogP contribution in [0, 0.1) is 6.92 Å². The Balaban J connectivity index is 1.48. The van der Waals surface area contributed by atoms with Gasteiger partial charge in [0.1, 0.15) is 5.03 Å². The van der Waals surface area contributed by atoms with Crippen LogP contribution in [0.4, 0.5) is 5.69 Å². The van der Waals surface area contributed by atoms with Gasteiger partial charge in [-0.1, -0.05) is 61.9 Å². The lowest BCUT2D eigenvalue weighted by Gasteiger charge is -2.24. The summed E-state index contributed by atoms with van der Waals surface area (Å²) < 4.78 is 1.72. The second-order valence-corrected chi connectivity index (χ2v) is 11.1. The molecule has 2 aromatic carbocycles.